The number of aryl methyl sites for hydroxylation is 1. The van der Waals surface area contributed by atoms with Gasteiger partial charge in [0.15, 0.2) is 0 Å². The summed E-state index contributed by atoms with van der Waals surface area (Å²) >= 11 is 0. The van der Waals surface area contributed by atoms with Crippen molar-refractivity contribution in [2.75, 3.05) is 26.2 Å². The summed E-state index contributed by atoms with van der Waals surface area (Å²) in [6.45, 7) is 2.95. The van der Waals surface area contributed by atoms with E-state index in [0.717, 1.165) is 5.56 Å². The number of hydrogen-bond donors (Lipinski definition) is 1. The maximum atomic E-state index is 12.5. The van der Waals surface area contributed by atoms with E-state index < -0.39 is 6.04 Å². The Morgan fingerprint density at radius 2 is 2.19 bits per heavy atom. The average molecular weight is 288 g/mol. The molecule has 7 heteroatoms. The van der Waals surface area contributed by atoms with Gasteiger partial charge in [0.25, 0.3) is 5.91 Å². The highest BCUT2D eigenvalue weighted by molar-refractivity contribution is 5.98. The molecule has 1 aromatic heterocycles. The third-order valence-electron chi connectivity index (χ3n) is 3.97. The van der Waals surface area contributed by atoms with E-state index in [4.69, 9.17) is 0 Å². The van der Waals surface area contributed by atoms with Gasteiger partial charge < -0.3 is 15.1 Å². The molecule has 1 atom stereocenters. The van der Waals surface area contributed by atoms with Crippen LogP contribution in [-0.4, -0.2) is 64.7 Å². The van der Waals surface area contributed by atoms with Gasteiger partial charge in [-0.15, -0.1) is 0 Å². The van der Waals surface area contributed by atoms with Gasteiger partial charge in [-0.3, -0.25) is 19.4 Å². The Labute approximate surface area is 121 Å². The lowest BCUT2D eigenvalue weighted by atomic mass is 10.1. The van der Waals surface area contributed by atoms with E-state index in [1.54, 1.807) is 22.1 Å². The van der Waals surface area contributed by atoms with Crippen LogP contribution < -0.4 is 5.32 Å². The quantitative estimate of drug-likeness (QED) is 0.731. The lowest BCUT2D eigenvalue weighted by molar-refractivity contribution is -0.148. The topological polar surface area (TPSA) is 82.6 Å². The first-order chi connectivity index (χ1) is 10.1. The molecule has 0 bridgehead atoms. The normalized spacial score (nSPS) is 21.9. The van der Waals surface area contributed by atoms with Gasteiger partial charge in [0, 0.05) is 25.5 Å². The minimum Gasteiger partial charge on any atom is -0.345 e. The van der Waals surface area contributed by atoms with Crippen molar-refractivity contribution < 1.29 is 14.4 Å². The first-order valence-electron chi connectivity index (χ1n) is 6.85. The van der Waals surface area contributed by atoms with E-state index in [-0.39, 0.29) is 30.8 Å². The fraction of sp³-hybridized carbons (Fsp3) is 0.429. The third-order valence-corrected chi connectivity index (χ3v) is 3.97. The van der Waals surface area contributed by atoms with Crippen LogP contribution in [0.25, 0.3) is 0 Å². The van der Waals surface area contributed by atoms with Gasteiger partial charge in [-0.25, -0.2) is 0 Å². The van der Waals surface area contributed by atoms with Crippen LogP contribution in [0.3, 0.4) is 0 Å². The van der Waals surface area contributed by atoms with E-state index in [2.05, 4.69) is 10.3 Å². The zero-order chi connectivity index (χ0) is 15.0. The molecule has 0 aliphatic carbocycles. The van der Waals surface area contributed by atoms with E-state index in [9.17, 15) is 14.4 Å². The summed E-state index contributed by atoms with van der Waals surface area (Å²) in [6, 6.07) is 1.20. The number of amides is 3. The maximum Gasteiger partial charge on any atom is 0.255 e. The summed E-state index contributed by atoms with van der Waals surface area (Å²) in [5.41, 5.74) is 1.38. The largest absolute Gasteiger partial charge is 0.345 e. The number of hydrogen-bond acceptors (Lipinski definition) is 4. The minimum absolute atomic E-state index is 0.0466. The first-order valence-corrected chi connectivity index (χ1v) is 6.85. The van der Waals surface area contributed by atoms with E-state index >= 15 is 0 Å². The number of aromatic nitrogens is 1. The van der Waals surface area contributed by atoms with Gasteiger partial charge in [0.2, 0.25) is 11.8 Å². The fourth-order valence-corrected chi connectivity index (χ4v) is 2.73. The highest BCUT2D eigenvalue weighted by Gasteiger charge is 2.40. The van der Waals surface area contributed by atoms with Crippen LogP contribution in [0.4, 0.5) is 0 Å². The van der Waals surface area contributed by atoms with Crippen LogP contribution in [0.15, 0.2) is 18.5 Å². The predicted octanol–water partition coefficient (Wildman–Crippen LogP) is -0.827. The molecule has 1 N–H and O–H groups in total. The Balaban J connectivity index is 1.80. The summed E-state index contributed by atoms with van der Waals surface area (Å²) in [5, 5.41) is 2.56. The Morgan fingerprint density at radius 1 is 1.38 bits per heavy atom. The van der Waals surface area contributed by atoms with Crippen molar-refractivity contribution in [3.05, 3.63) is 29.6 Å². The number of carbonyl (C=O) groups is 3. The molecule has 0 unspecified atom stereocenters. The number of nitrogens with zero attached hydrogens (tertiary/aromatic N) is 3. The molecular formula is C14H16N4O3. The first kappa shape index (κ1) is 13.5. The number of nitrogens with one attached hydrogen (secondary N) is 1. The Hall–Kier alpha value is -2.44. The molecule has 21 heavy (non-hydrogen) atoms. The van der Waals surface area contributed by atoms with E-state index in [1.165, 1.54) is 6.20 Å². The van der Waals surface area contributed by atoms with E-state index in [0.29, 0.717) is 18.7 Å². The van der Waals surface area contributed by atoms with Crippen molar-refractivity contribution in [3.8, 4) is 0 Å². The van der Waals surface area contributed by atoms with Crippen LogP contribution in [0, 0.1) is 6.92 Å². The van der Waals surface area contributed by atoms with Crippen molar-refractivity contribution in [1.82, 2.24) is 20.1 Å². The number of piperazine rings is 2. The monoisotopic (exact) mass is 288 g/mol. The molecule has 0 saturated carbocycles. The molecular weight excluding hydrogens is 272 g/mol. The van der Waals surface area contributed by atoms with Crippen LogP contribution in [0.2, 0.25) is 0 Å². The zero-order valence-corrected chi connectivity index (χ0v) is 11.7. The van der Waals surface area contributed by atoms with Crippen molar-refractivity contribution in [3.63, 3.8) is 0 Å². The maximum absolute atomic E-state index is 12.5. The molecule has 3 rings (SSSR count). The molecule has 1 aromatic rings. The summed E-state index contributed by atoms with van der Waals surface area (Å²) in [4.78, 5) is 43.3. The predicted molar refractivity (Wildman–Crippen MR) is 73.4 cm³/mol. The second-order valence-corrected chi connectivity index (χ2v) is 5.26. The molecule has 2 aliphatic rings. The standard InChI is InChI=1S/C14H16N4O3/c1-9-2-3-15-6-10(9)14(21)17-4-5-18-11(8-17)13(20)16-7-12(18)19/h2-3,6,11H,4-5,7-8H2,1H3,(H,16,20)/t11-/m0/s1. The smallest absolute Gasteiger partial charge is 0.255 e. The third kappa shape index (κ3) is 2.35. The number of rotatable bonds is 1. The van der Waals surface area contributed by atoms with Gasteiger partial charge >= 0.3 is 0 Å². The molecule has 7 nitrogen and oxygen atoms in total. The summed E-state index contributed by atoms with van der Waals surface area (Å²) < 4.78 is 0. The molecule has 110 valence electrons. The Bertz CT molecular complexity index is 616. The highest BCUT2D eigenvalue weighted by atomic mass is 16.2. The van der Waals surface area contributed by atoms with Gasteiger partial charge in [-0.1, -0.05) is 0 Å². The van der Waals surface area contributed by atoms with Gasteiger partial charge in [0.05, 0.1) is 18.7 Å². The second-order valence-electron chi connectivity index (χ2n) is 5.26. The average Bonchev–Trinajstić information content (AvgIpc) is 2.50. The Morgan fingerprint density at radius 3 is 2.95 bits per heavy atom. The summed E-state index contributed by atoms with van der Waals surface area (Å²) in [5.74, 6) is -0.440. The lowest BCUT2D eigenvalue weighted by Crippen LogP contribution is -2.66. The van der Waals surface area contributed by atoms with E-state index in [1.807, 2.05) is 6.92 Å². The summed E-state index contributed by atoms with van der Waals surface area (Å²) in [6.07, 6.45) is 3.17. The molecule has 0 radical (unpaired) electrons. The fourth-order valence-electron chi connectivity index (χ4n) is 2.73. The molecule has 2 aliphatic heterocycles. The molecule has 2 fully saturated rings. The second kappa shape index (κ2) is 5.16. The molecule has 3 amide bonds. The van der Waals surface area contributed by atoms with Crippen molar-refractivity contribution in [1.29, 1.82) is 0 Å². The molecule has 0 spiro atoms. The van der Waals surface area contributed by atoms with Crippen molar-refractivity contribution >= 4 is 17.7 Å². The zero-order valence-electron chi connectivity index (χ0n) is 11.7. The Kier molecular flexibility index (Phi) is 3.32. The highest BCUT2D eigenvalue weighted by Crippen LogP contribution is 2.17. The van der Waals surface area contributed by atoms with Crippen molar-refractivity contribution in [2.45, 2.75) is 13.0 Å². The van der Waals surface area contributed by atoms with Crippen LogP contribution in [-0.2, 0) is 9.59 Å². The minimum atomic E-state index is -0.582. The van der Waals surface area contributed by atoms with Gasteiger partial charge in [-0.05, 0) is 18.6 Å². The van der Waals surface area contributed by atoms with Gasteiger partial charge in [-0.2, -0.15) is 0 Å². The van der Waals surface area contributed by atoms with Crippen LogP contribution >= 0.6 is 0 Å². The number of carbonyl (C=O) groups excluding carboxylic acids is 3. The summed E-state index contributed by atoms with van der Waals surface area (Å²) in [7, 11) is 0. The van der Waals surface area contributed by atoms with Crippen LogP contribution in [0.1, 0.15) is 15.9 Å². The number of pyridine rings is 1. The lowest BCUT2D eigenvalue weighted by Gasteiger charge is -2.42. The SMILES string of the molecule is Cc1ccncc1C(=O)N1CCN2C(=O)CNC(=O)[C@@H]2C1. The number of fused-ring (bicyclic) bond motifs is 1. The molecule has 0 aromatic carbocycles. The van der Waals surface area contributed by atoms with Crippen LogP contribution in [0.5, 0.6) is 0 Å². The van der Waals surface area contributed by atoms with Crippen molar-refractivity contribution in [2.24, 2.45) is 0 Å². The molecule has 3 heterocycles. The molecule has 2 saturated heterocycles. The van der Waals surface area contributed by atoms with Gasteiger partial charge in [0.1, 0.15) is 6.04 Å².